The summed E-state index contributed by atoms with van der Waals surface area (Å²) < 4.78 is 24.6. The molecule has 1 aromatic carbocycles. The molecule has 1 amide bonds. The van der Waals surface area contributed by atoms with Gasteiger partial charge in [-0.1, -0.05) is 18.2 Å². The van der Waals surface area contributed by atoms with Crippen LogP contribution in [0.25, 0.3) is 0 Å². The molecule has 0 aromatic heterocycles. The fourth-order valence-corrected chi connectivity index (χ4v) is 2.71. The number of sulfonamides is 1. The molecule has 0 aliphatic heterocycles. The van der Waals surface area contributed by atoms with Gasteiger partial charge in [0.15, 0.2) is 0 Å². The number of nitrogens with two attached hydrogens (primary N) is 1. The van der Waals surface area contributed by atoms with E-state index >= 15 is 0 Å². The molecule has 0 unspecified atom stereocenters. The Morgan fingerprint density at radius 1 is 1.33 bits per heavy atom. The molecule has 0 heterocycles. The van der Waals surface area contributed by atoms with Gasteiger partial charge in [-0.2, -0.15) is 0 Å². The fraction of sp³-hybridized carbons (Fsp3) is 0.364. The number of hydrogen-bond donors (Lipinski definition) is 2. The summed E-state index contributed by atoms with van der Waals surface area (Å²) in [5.74, 6) is 4.43. The Morgan fingerprint density at radius 3 is 2.22 bits per heavy atom. The molecule has 0 aliphatic rings. The minimum Gasteiger partial charge on any atom is -0.293 e. The second kappa shape index (κ2) is 5.36. The lowest BCUT2D eigenvalue weighted by atomic mass is 10.1. The van der Waals surface area contributed by atoms with E-state index in [-0.39, 0.29) is 6.54 Å². The van der Waals surface area contributed by atoms with Gasteiger partial charge in [-0.25, -0.2) is 14.3 Å². The number of para-hydroxylation sites is 1. The lowest BCUT2D eigenvalue weighted by Crippen LogP contribution is -2.43. The molecule has 0 bridgehead atoms. The van der Waals surface area contributed by atoms with E-state index in [0.29, 0.717) is 5.69 Å². The average Bonchev–Trinajstić information content (AvgIpc) is 2.25. The predicted octanol–water partition coefficient (Wildman–Crippen LogP) is 0.0593. The monoisotopic (exact) mass is 271 g/mol. The van der Waals surface area contributed by atoms with E-state index in [1.165, 1.54) is 0 Å². The van der Waals surface area contributed by atoms with Gasteiger partial charge in [0.2, 0.25) is 10.0 Å². The zero-order valence-electron chi connectivity index (χ0n) is 10.6. The van der Waals surface area contributed by atoms with Gasteiger partial charge < -0.3 is 0 Å². The Morgan fingerprint density at radius 2 is 1.83 bits per heavy atom. The summed E-state index contributed by atoms with van der Waals surface area (Å²) in [7, 11) is -3.55. The van der Waals surface area contributed by atoms with Gasteiger partial charge in [-0.3, -0.25) is 14.5 Å². The number of anilines is 1. The fourth-order valence-electron chi connectivity index (χ4n) is 1.74. The van der Waals surface area contributed by atoms with Crippen LogP contribution in [0, 0.1) is 13.8 Å². The van der Waals surface area contributed by atoms with Crippen molar-refractivity contribution in [3.05, 3.63) is 29.3 Å². The third kappa shape index (κ3) is 3.21. The van der Waals surface area contributed by atoms with Crippen molar-refractivity contribution >= 4 is 21.6 Å². The van der Waals surface area contributed by atoms with Crippen LogP contribution >= 0.6 is 0 Å². The van der Waals surface area contributed by atoms with Crippen LogP contribution in [0.4, 0.5) is 5.69 Å². The lowest BCUT2D eigenvalue weighted by Gasteiger charge is -2.25. The van der Waals surface area contributed by atoms with E-state index in [9.17, 15) is 13.2 Å². The molecule has 0 radical (unpaired) electrons. The van der Waals surface area contributed by atoms with Crippen molar-refractivity contribution in [2.45, 2.75) is 13.8 Å². The molecule has 0 atom stereocenters. The molecule has 1 rings (SSSR count). The molecule has 0 saturated heterocycles. The van der Waals surface area contributed by atoms with Gasteiger partial charge in [0.05, 0.1) is 11.9 Å². The first kappa shape index (κ1) is 14.5. The molecule has 0 fully saturated rings. The highest BCUT2D eigenvalue weighted by Crippen LogP contribution is 2.26. The number of benzene rings is 1. The van der Waals surface area contributed by atoms with Crippen molar-refractivity contribution in [2.24, 2.45) is 5.84 Å². The summed E-state index contributed by atoms with van der Waals surface area (Å²) in [6.07, 6.45) is 1.06. The third-order valence-electron chi connectivity index (χ3n) is 2.54. The van der Waals surface area contributed by atoms with Crippen molar-refractivity contribution in [1.82, 2.24) is 5.43 Å². The summed E-state index contributed by atoms with van der Waals surface area (Å²) >= 11 is 0. The third-order valence-corrected chi connectivity index (χ3v) is 3.65. The van der Waals surface area contributed by atoms with Crippen LogP contribution in [0.3, 0.4) is 0 Å². The number of hydrogen-bond acceptors (Lipinski definition) is 4. The Kier molecular flexibility index (Phi) is 4.31. The molecule has 1 aromatic rings. The highest BCUT2D eigenvalue weighted by atomic mass is 32.2. The zero-order valence-corrected chi connectivity index (χ0v) is 11.4. The van der Waals surface area contributed by atoms with E-state index in [2.05, 4.69) is 0 Å². The Bertz CT molecular complexity index is 534. The Labute approximate surface area is 107 Å². The molecule has 100 valence electrons. The topological polar surface area (TPSA) is 92.5 Å². The van der Waals surface area contributed by atoms with Gasteiger partial charge >= 0.3 is 0 Å². The first-order valence-electron chi connectivity index (χ1n) is 5.30. The van der Waals surface area contributed by atoms with E-state index < -0.39 is 15.9 Å². The number of amides is 1. The molecular weight excluding hydrogens is 254 g/mol. The standard InChI is InChI=1S/C11H17N3O3S/c1-8-5-4-6-9(2)11(8)14(18(3,16)17)7-10(15)13-12/h4-6H,7,12H2,1-3H3,(H,13,15). The first-order chi connectivity index (χ1) is 8.27. The maximum Gasteiger partial charge on any atom is 0.254 e. The van der Waals surface area contributed by atoms with Crippen LogP contribution in [-0.4, -0.2) is 27.1 Å². The van der Waals surface area contributed by atoms with Crippen molar-refractivity contribution in [1.29, 1.82) is 0 Å². The van der Waals surface area contributed by atoms with Crippen LogP contribution in [0.15, 0.2) is 18.2 Å². The van der Waals surface area contributed by atoms with Gasteiger partial charge in [-0.05, 0) is 25.0 Å². The van der Waals surface area contributed by atoms with Crippen molar-refractivity contribution in [2.75, 3.05) is 17.1 Å². The average molecular weight is 271 g/mol. The molecule has 7 heteroatoms. The molecule has 18 heavy (non-hydrogen) atoms. The molecule has 0 spiro atoms. The molecule has 6 nitrogen and oxygen atoms in total. The normalized spacial score (nSPS) is 11.1. The van der Waals surface area contributed by atoms with Crippen molar-refractivity contribution in [3.63, 3.8) is 0 Å². The highest BCUT2D eigenvalue weighted by Gasteiger charge is 2.23. The molecular formula is C11H17N3O3S. The molecule has 3 N–H and O–H groups in total. The van der Waals surface area contributed by atoms with E-state index in [1.807, 2.05) is 11.5 Å². The van der Waals surface area contributed by atoms with Crippen LogP contribution in [0.5, 0.6) is 0 Å². The summed E-state index contributed by atoms with van der Waals surface area (Å²) in [6, 6.07) is 5.42. The summed E-state index contributed by atoms with van der Waals surface area (Å²) in [6.45, 7) is 3.25. The smallest absolute Gasteiger partial charge is 0.254 e. The van der Waals surface area contributed by atoms with Gasteiger partial charge in [0.25, 0.3) is 5.91 Å². The Hall–Kier alpha value is -1.60. The predicted molar refractivity (Wildman–Crippen MR) is 70.4 cm³/mol. The quantitative estimate of drug-likeness (QED) is 0.460. The molecule has 0 saturated carbocycles. The highest BCUT2D eigenvalue weighted by molar-refractivity contribution is 7.92. The van der Waals surface area contributed by atoms with Gasteiger partial charge in [0, 0.05) is 0 Å². The zero-order chi connectivity index (χ0) is 13.9. The maximum atomic E-state index is 11.8. The first-order valence-corrected chi connectivity index (χ1v) is 7.15. The van der Waals surface area contributed by atoms with Crippen molar-refractivity contribution < 1.29 is 13.2 Å². The number of carbonyl (C=O) groups excluding carboxylic acids is 1. The van der Waals surface area contributed by atoms with Gasteiger partial charge in [0.1, 0.15) is 6.54 Å². The second-order valence-electron chi connectivity index (χ2n) is 4.08. The maximum absolute atomic E-state index is 11.8. The van der Waals surface area contributed by atoms with Crippen LogP contribution in [0.2, 0.25) is 0 Å². The summed E-state index contributed by atoms with van der Waals surface area (Å²) in [4.78, 5) is 11.3. The number of aryl methyl sites for hydroxylation is 2. The van der Waals surface area contributed by atoms with E-state index in [0.717, 1.165) is 21.7 Å². The number of hydrazine groups is 1. The van der Waals surface area contributed by atoms with E-state index in [4.69, 9.17) is 5.84 Å². The van der Waals surface area contributed by atoms with Crippen molar-refractivity contribution in [3.8, 4) is 0 Å². The number of rotatable bonds is 4. The lowest BCUT2D eigenvalue weighted by molar-refractivity contribution is -0.119. The minimum atomic E-state index is -3.55. The summed E-state index contributed by atoms with van der Waals surface area (Å²) in [5, 5.41) is 0. The number of nitrogens with zero attached hydrogens (tertiary/aromatic N) is 1. The van der Waals surface area contributed by atoms with Crippen LogP contribution in [0.1, 0.15) is 11.1 Å². The Balaban J connectivity index is 3.32. The SMILES string of the molecule is Cc1cccc(C)c1N(CC(=O)NN)S(C)(=O)=O. The van der Waals surface area contributed by atoms with Crippen LogP contribution in [-0.2, 0) is 14.8 Å². The largest absolute Gasteiger partial charge is 0.293 e. The number of carbonyl (C=O) groups is 1. The van der Waals surface area contributed by atoms with E-state index in [1.54, 1.807) is 26.0 Å². The minimum absolute atomic E-state index is 0.332. The number of nitrogens with one attached hydrogen (secondary N) is 1. The summed E-state index contributed by atoms with van der Waals surface area (Å²) in [5.41, 5.74) is 4.01. The van der Waals surface area contributed by atoms with Gasteiger partial charge in [-0.15, -0.1) is 0 Å². The van der Waals surface area contributed by atoms with Crippen LogP contribution < -0.4 is 15.6 Å². The molecule has 0 aliphatic carbocycles. The second-order valence-corrected chi connectivity index (χ2v) is 5.98.